The second-order valence-corrected chi connectivity index (χ2v) is 5.33. The van der Waals surface area contributed by atoms with E-state index >= 15 is 0 Å². The van der Waals surface area contributed by atoms with Crippen molar-refractivity contribution in [3.8, 4) is 0 Å². The van der Waals surface area contributed by atoms with Crippen molar-refractivity contribution < 1.29 is 4.39 Å². The van der Waals surface area contributed by atoms with E-state index in [0.29, 0.717) is 5.02 Å². The van der Waals surface area contributed by atoms with Crippen LogP contribution in [0, 0.1) is 5.82 Å². The third-order valence-corrected chi connectivity index (χ3v) is 3.96. The first-order valence-corrected chi connectivity index (χ1v) is 7.11. The van der Waals surface area contributed by atoms with Crippen molar-refractivity contribution >= 4 is 17.3 Å². The maximum atomic E-state index is 13.5. The van der Waals surface area contributed by atoms with Gasteiger partial charge in [0.15, 0.2) is 0 Å². The molecule has 1 saturated heterocycles. The third-order valence-electron chi connectivity index (χ3n) is 3.65. The molecule has 0 amide bonds. The van der Waals surface area contributed by atoms with Crippen molar-refractivity contribution in [3.63, 3.8) is 0 Å². The minimum absolute atomic E-state index is 0.171. The number of rotatable bonds is 2. The molecular weight excluding hydrogens is 275 g/mol. The standard InChI is InChI=1S/C16H16ClFN2/c17-14-7-6-13(18)10-15(14)20-9-8-19-11-16(20)12-4-2-1-3-5-12/h1-7,10,16,19H,8-9,11H2. The highest BCUT2D eigenvalue weighted by molar-refractivity contribution is 6.33. The highest BCUT2D eigenvalue weighted by Crippen LogP contribution is 2.33. The molecule has 3 rings (SSSR count). The molecule has 0 spiro atoms. The molecule has 2 aromatic rings. The molecule has 1 unspecified atom stereocenters. The Morgan fingerprint density at radius 2 is 1.95 bits per heavy atom. The summed E-state index contributed by atoms with van der Waals surface area (Å²) in [4.78, 5) is 2.18. The minimum Gasteiger partial charge on any atom is -0.361 e. The summed E-state index contributed by atoms with van der Waals surface area (Å²) in [6.45, 7) is 2.51. The van der Waals surface area contributed by atoms with Gasteiger partial charge in [-0.05, 0) is 23.8 Å². The second-order valence-electron chi connectivity index (χ2n) is 4.92. The number of nitrogens with one attached hydrogen (secondary N) is 1. The van der Waals surface area contributed by atoms with Crippen LogP contribution in [0.25, 0.3) is 0 Å². The van der Waals surface area contributed by atoms with Gasteiger partial charge in [-0.15, -0.1) is 0 Å². The largest absolute Gasteiger partial charge is 0.361 e. The molecule has 0 radical (unpaired) electrons. The molecule has 2 aromatic carbocycles. The summed E-state index contributed by atoms with van der Waals surface area (Å²) in [6.07, 6.45) is 0. The molecule has 0 aliphatic carbocycles. The summed E-state index contributed by atoms with van der Waals surface area (Å²) in [5.41, 5.74) is 1.97. The molecule has 4 heteroatoms. The van der Waals surface area contributed by atoms with E-state index in [2.05, 4.69) is 22.3 Å². The van der Waals surface area contributed by atoms with Gasteiger partial charge in [0.1, 0.15) is 5.82 Å². The van der Waals surface area contributed by atoms with Crippen LogP contribution >= 0.6 is 11.6 Å². The predicted molar refractivity (Wildman–Crippen MR) is 80.8 cm³/mol. The van der Waals surface area contributed by atoms with Crippen molar-refractivity contribution in [1.29, 1.82) is 0 Å². The molecule has 1 aliphatic rings. The summed E-state index contributed by atoms with van der Waals surface area (Å²) in [6, 6.07) is 14.9. The Bertz CT molecular complexity index is 588. The zero-order chi connectivity index (χ0) is 13.9. The van der Waals surface area contributed by atoms with E-state index in [1.165, 1.54) is 17.7 Å². The summed E-state index contributed by atoms with van der Waals surface area (Å²) < 4.78 is 13.5. The number of anilines is 1. The fraction of sp³-hybridized carbons (Fsp3) is 0.250. The molecule has 2 nitrogen and oxygen atoms in total. The monoisotopic (exact) mass is 290 g/mol. The van der Waals surface area contributed by atoms with Gasteiger partial charge in [0.2, 0.25) is 0 Å². The summed E-state index contributed by atoms with van der Waals surface area (Å²) in [5.74, 6) is -0.255. The van der Waals surface area contributed by atoms with Crippen molar-refractivity contribution in [3.05, 3.63) is 64.9 Å². The molecule has 1 atom stereocenters. The SMILES string of the molecule is Fc1ccc(Cl)c(N2CCNCC2c2ccccc2)c1. The molecule has 1 N–H and O–H groups in total. The van der Waals surface area contributed by atoms with Gasteiger partial charge in [0.05, 0.1) is 16.8 Å². The molecule has 0 saturated carbocycles. The predicted octanol–water partition coefficient (Wildman–Crippen LogP) is 3.63. The lowest BCUT2D eigenvalue weighted by Gasteiger charge is -2.38. The van der Waals surface area contributed by atoms with Crippen LogP contribution in [0.4, 0.5) is 10.1 Å². The van der Waals surface area contributed by atoms with E-state index in [1.54, 1.807) is 6.07 Å². The lowest BCUT2D eigenvalue weighted by atomic mass is 10.0. The van der Waals surface area contributed by atoms with Crippen LogP contribution in [0.15, 0.2) is 48.5 Å². The molecular formula is C16H16ClFN2. The quantitative estimate of drug-likeness (QED) is 0.908. The molecule has 0 bridgehead atoms. The molecule has 1 aliphatic heterocycles. The Balaban J connectivity index is 1.99. The van der Waals surface area contributed by atoms with Crippen molar-refractivity contribution in [2.75, 3.05) is 24.5 Å². The van der Waals surface area contributed by atoms with Gasteiger partial charge in [-0.1, -0.05) is 41.9 Å². The summed E-state index contributed by atoms with van der Waals surface area (Å²) >= 11 is 6.25. The van der Waals surface area contributed by atoms with E-state index in [0.717, 1.165) is 25.3 Å². The minimum atomic E-state index is -0.255. The number of piperazine rings is 1. The lowest BCUT2D eigenvalue weighted by molar-refractivity contribution is 0.489. The summed E-state index contributed by atoms with van der Waals surface area (Å²) in [5, 5.41) is 3.98. The van der Waals surface area contributed by atoms with Crippen LogP contribution in [0.2, 0.25) is 5.02 Å². The zero-order valence-electron chi connectivity index (χ0n) is 11.0. The van der Waals surface area contributed by atoms with E-state index in [9.17, 15) is 4.39 Å². The van der Waals surface area contributed by atoms with Gasteiger partial charge in [-0.2, -0.15) is 0 Å². The van der Waals surface area contributed by atoms with Crippen LogP contribution in [-0.2, 0) is 0 Å². The van der Waals surface area contributed by atoms with Crippen molar-refractivity contribution in [2.24, 2.45) is 0 Å². The Kier molecular flexibility index (Phi) is 3.90. The number of nitrogens with zero attached hydrogens (tertiary/aromatic N) is 1. The third kappa shape index (κ3) is 2.65. The highest BCUT2D eigenvalue weighted by Gasteiger charge is 2.25. The van der Waals surface area contributed by atoms with Crippen LogP contribution < -0.4 is 10.2 Å². The first kappa shape index (κ1) is 13.4. The smallest absolute Gasteiger partial charge is 0.125 e. The van der Waals surface area contributed by atoms with Crippen molar-refractivity contribution in [2.45, 2.75) is 6.04 Å². The summed E-state index contributed by atoms with van der Waals surface area (Å²) in [7, 11) is 0. The maximum Gasteiger partial charge on any atom is 0.125 e. The van der Waals surface area contributed by atoms with E-state index in [-0.39, 0.29) is 11.9 Å². The van der Waals surface area contributed by atoms with Gasteiger partial charge in [0.25, 0.3) is 0 Å². The fourth-order valence-corrected chi connectivity index (χ4v) is 2.90. The molecule has 0 aromatic heterocycles. The Morgan fingerprint density at radius 1 is 1.15 bits per heavy atom. The Morgan fingerprint density at radius 3 is 2.75 bits per heavy atom. The average molecular weight is 291 g/mol. The number of halogens is 2. The van der Waals surface area contributed by atoms with Crippen LogP contribution in [-0.4, -0.2) is 19.6 Å². The van der Waals surface area contributed by atoms with Gasteiger partial charge in [0, 0.05) is 19.6 Å². The number of benzene rings is 2. The highest BCUT2D eigenvalue weighted by atomic mass is 35.5. The van der Waals surface area contributed by atoms with E-state index in [4.69, 9.17) is 11.6 Å². The van der Waals surface area contributed by atoms with Crippen LogP contribution in [0.5, 0.6) is 0 Å². The van der Waals surface area contributed by atoms with Gasteiger partial charge < -0.3 is 10.2 Å². The van der Waals surface area contributed by atoms with Gasteiger partial charge in [-0.3, -0.25) is 0 Å². The Hall–Kier alpha value is -1.58. The number of hydrogen-bond acceptors (Lipinski definition) is 2. The van der Waals surface area contributed by atoms with Crippen LogP contribution in [0.3, 0.4) is 0 Å². The first-order valence-electron chi connectivity index (χ1n) is 6.73. The zero-order valence-corrected chi connectivity index (χ0v) is 11.8. The van der Waals surface area contributed by atoms with E-state index < -0.39 is 0 Å². The number of hydrogen-bond donors (Lipinski definition) is 1. The molecule has 104 valence electrons. The van der Waals surface area contributed by atoms with Gasteiger partial charge in [-0.25, -0.2) is 4.39 Å². The van der Waals surface area contributed by atoms with Crippen molar-refractivity contribution in [1.82, 2.24) is 5.32 Å². The molecule has 1 fully saturated rings. The van der Waals surface area contributed by atoms with E-state index in [1.807, 2.05) is 18.2 Å². The Labute approximate surface area is 123 Å². The van der Waals surface area contributed by atoms with Crippen LogP contribution in [0.1, 0.15) is 11.6 Å². The molecule has 1 heterocycles. The molecule has 20 heavy (non-hydrogen) atoms. The normalized spacial score (nSPS) is 19.1. The first-order chi connectivity index (χ1) is 9.75. The lowest BCUT2D eigenvalue weighted by Crippen LogP contribution is -2.46. The average Bonchev–Trinajstić information content (AvgIpc) is 2.51. The topological polar surface area (TPSA) is 15.3 Å². The second kappa shape index (κ2) is 5.81. The fourth-order valence-electron chi connectivity index (χ4n) is 2.67. The van der Waals surface area contributed by atoms with Gasteiger partial charge >= 0.3 is 0 Å². The maximum absolute atomic E-state index is 13.5.